The van der Waals surface area contributed by atoms with E-state index in [1.807, 2.05) is 0 Å². The summed E-state index contributed by atoms with van der Waals surface area (Å²) >= 11 is -0.344. The fraction of sp³-hybridized carbons (Fsp3) is 0.667. The predicted molar refractivity (Wildman–Crippen MR) is 38.5 cm³/mol. The van der Waals surface area contributed by atoms with Gasteiger partial charge in [-0.15, -0.1) is 0 Å². The van der Waals surface area contributed by atoms with E-state index in [4.69, 9.17) is 0 Å². The van der Waals surface area contributed by atoms with Gasteiger partial charge >= 0.3 is 56.0 Å². The molecular weight excluding hydrogens is 191 g/mol. The summed E-state index contributed by atoms with van der Waals surface area (Å²) in [7, 11) is 0. The van der Waals surface area contributed by atoms with E-state index >= 15 is 0 Å². The zero-order valence-electron chi connectivity index (χ0n) is 5.11. The van der Waals surface area contributed by atoms with Crippen LogP contribution in [0.3, 0.4) is 0 Å². The molecule has 0 N–H and O–H groups in total. The standard InChI is InChI=1S/C4H9.C2H3.Sn.2H/c1-3-4-2;1-2;;;/h1,3-4H2,2H3;1H,2H2;;;. The van der Waals surface area contributed by atoms with Crippen molar-refractivity contribution in [2.75, 3.05) is 0 Å². The first-order chi connectivity index (χ1) is 3.41. The first-order valence-electron chi connectivity index (χ1n) is 3.02. The second-order valence-corrected chi connectivity index (χ2v) is 7.10. The Hall–Kier alpha value is 0.539. The van der Waals surface area contributed by atoms with Crippen LogP contribution in [0, 0.1) is 0 Å². The van der Waals surface area contributed by atoms with E-state index in [1.165, 1.54) is 17.3 Å². The van der Waals surface area contributed by atoms with Gasteiger partial charge in [-0.3, -0.25) is 0 Å². The molecule has 0 saturated carbocycles. The van der Waals surface area contributed by atoms with Crippen molar-refractivity contribution >= 4 is 21.1 Å². The molecule has 0 aliphatic carbocycles. The molecule has 0 fully saturated rings. The van der Waals surface area contributed by atoms with Gasteiger partial charge < -0.3 is 0 Å². The number of unbranched alkanes of at least 4 members (excludes halogenated alkanes) is 1. The van der Waals surface area contributed by atoms with E-state index in [2.05, 4.69) is 17.6 Å². The molecule has 0 heterocycles. The SMILES string of the molecule is C=[CH][SnH2][CH2]CCC. The molecule has 0 saturated heterocycles. The second kappa shape index (κ2) is 6.54. The summed E-state index contributed by atoms with van der Waals surface area (Å²) in [5.74, 6) is 0. The van der Waals surface area contributed by atoms with Gasteiger partial charge in [-0.2, -0.15) is 0 Å². The number of hydrogen-bond donors (Lipinski definition) is 0. The molecule has 0 spiro atoms. The van der Waals surface area contributed by atoms with Crippen molar-refractivity contribution in [3.63, 3.8) is 0 Å². The average molecular weight is 205 g/mol. The Morgan fingerprint density at radius 2 is 2.43 bits per heavy atom. The van der Waals surface area contributed by atoms with Gasteiger partial charge in [-0.05, 0) is 0 Å². The Balaban J connectivity index is 2.56. The van der Waals surface area contributed by atoms with Gasteiger partial charge in [0.25, 0.3) is 0 Å². The molecule has 7 heavy (non-hydrogen) atoms. The van der Waals surface area contributed by atoms with Crippen LogP contribution in [0.5, 0.6) is 0 Å². The van der Waals surface area contributed by atoms with Gasteiger partial charge in [0.1, 0.15) is 0 Å². The predicted octanol–water partition coefficient (Wildman–Crippen LogP) is 1.52. The van der Waals surface area contributed by atoms with Gasteiger partial charge in [0.15, 0.2) is 0 Å². The summed E-state index contributed by atoms with van der Waals surface area (Å²) in [6.45, 7) is 5.97. The van der Waals surface area contributed by atoms with Crippen molar-refractivity contribution in [3.05, 3.63) is 10.7 Å². The van der Waals surface area contributed by atoms with Crippen molar-refractivity contribution in [3.8, 4) is 0 Å². The van der Waals surface area contributed by atoms with Gasteiger partial charge in [-0.1, -0.05) is 0 Å². The van der Waals surface area contributed by atoms with Crippen LogP contribution in [0.1, 0.15) is 19.8 Å². The molecule has 0 radical (unpaired) electrons. The first kappa shape index (κ1) is 7.54. The molecular formula is C6H14Sn. The summed E-state index contributed by atoms with van der Waals surface area (Å²) in [4.78, 5) is 0. The molecule has 0 aromatic heterocycles. The van der Waals surface area contributed by atoms with Gasteiger partial charge in [0.05, 0.1) is 0 Å². The molecule has 0 bridgehead atoms. The Kier molecular flexibility index (Phi) is 7.04. The fourth-order valence-corrected chi connectivity index (χ4v) is 3.61. The molecule has 0 aliphatic heterocycles. The Bertz CT molecular complexity index is 41.4. The van der Waals surface area contributed by atoms with Gasteiger partial charge in [0, 0.05) is 0 Å². The monoisotopic (exact) mass is 206 g/mol. The topological polar surface area (TPSA) is 0 Å². The molecule has 0 unspecified atom stereocenters. The maximum absolute atomic E-state index is 3.73. The third-order valence-electron chi connectivity index (χ3n) is 1.01. The zero-order valence-corrected chi connectivity index (χ0v) is 9.15. The Morgan fingerprint density at radius 3 is 2.86 bits per heavy atom. The third-order valence-corrected chi connectivity index (χ3v) is 4.77. The van der Waals surface area contributed by atoms with Crippen LogP contribution in [0.25, 0.3) is 0 Å². The van der Waals surface area contributed by atoms with E-state index in [0.29, 0.717) is 0 Å². The molecule has 42 valence electrons. The van der Waals surface area contributed by atoms with Crippen LogP contribution >= 0.6 is 0 Å². The first-order valence-corrected chi connectivity index (χ1v) is 8.21. The minimum absolute atomic E-state index is 0.344. The van der Waals surface area contributed by atoms with E-state index in [1.54, 1.807) is 0 Å². The third kappa shape index (κ3) is 6.54. The van der Waals surface area contributed by atoms with E-state index in [9.17, 15) is 0 Å². The molecule has 0 aliphatic rings. The number of rotatable bonds is 4. The van der Waals surface area contributed by atoms with Crippen molar-refractivity contribution in [2.45, 2.75) is 24.2 Å². The molecule has 0 nitrogen and oxygen atoms in total. The molecule has 0 aromatic rings. The Labute approximate surface area is 56.2 Å². The van der Waals surface area contributed by atoms with Gasteiger partial charge in [0.2, 0.25) is 0 Å². The van der Waals surface area contributed by atoms with Crippen LogP contribution in [0.4, 0.5) is 0 Å². The Morgan fingerprint density at radius 1 is 1.71 bits per heavy atom. The van der Waals surface area contributed by atoms with Crippen molar-refractivity contribution in [1.82, 2.24) is 0 Å². The molecule has 0 atom stereocenters. The summed E-state index contributed by atoms with van der Waals surface area (Å²) in [6, 6.07) is 0. The van der Waals surface area contributed by atoms with Crippen molar-refractivity contribution < 1.29 is 0 Å². The second-order valence-electron chi connectivity index (χ2n) is 1.78. The molecule has 0 amide bonds. The van der Waals surface area contributed by atoms with Crippen LogP contribution in [-0.4, -0.2) is 21.1 Å². The average Bonchev–Trinajstić information content (AvgIpc) is 1.69. The summed E-state index contributed by atoms with van der Waals surface area (Å²) in [6.07, 6.45) is 2.81. The van der Waals surface area contributed by atoms with Gasteiger partial charge in [-0.25, -0.2) is 0 Å². The zero-order chi connectivity index (χ0) is 5.54. The number of hydrogen-bond acceptors (Lipinski definition) is 0. The van der Waals surface area contributed by atoms with Crippen molar-refractivity contribution in [1.29, 1.82) is 0 Å². The fourth-order valence-electron chi connectivity index (χ4n) is 0.539. The van der Waals surface area contributed by atoms with E-state index in [-0.39, 0.29) is 21.1 Å². The summed E-state index contributed by atoms with van der Waals surface area (Å²) in [5, 5.41) is 0. The maximum atomic E-state index is 3.73. The van der Waals surface area contributed by atoms with E-state index < -0.39 is 0 Å². The van der Waals surface area contributed by atoms with E-state index in [0.717, 1.165) is 0 Å². The summed E-state index contributed by atoms with van der Waals surface area (Å²) in [5.41, 5.74) is 0. The normalized spacial score (nSPS) is 10.4. The minimum atomic E-state index is -0.344. The van der Waals surface area contributed by atoms with Crippen LogP contribution in [-0.2, 0) is 0 Å². The van der Waals surface area contributed by atoms with Crippen molar-refractivity contribution in [2.24, 2.45) is 0 Å². The quantitative estimate of drug-likeness (QED) is 0.482. The molecule has 0 rings (SSSR count). The van der Waals surface area contributed by atoms with Crippen LogP contribution in [0.2, 0.25) is 4.44 Å². The van der Waals surface area contributed by atoms with Crippen LogP contribution in [0.15, 0.2) is 10.7 Å². The molecule has 1 heteroatoms. The molecule has 0 aromatic carbocycles. The summed E-state index contributed by atoms with van der Waals surface area (Å²) < 4.78 is 3.72. The van der Waals surface area contributed by atoms with Crippen LogP contribution < -0.4 is 0 Å².